The molecule has 1 unspecified atom stereocenters. The summed E-state index contributed by atoms with van der Waals surface area (Å²) >= 11 is 1.81. The first kappa shape index (κ1) is 17.0. The number of amides is 1. The molecule has 7 heteroatoms. The average Bonchev–Trinajstić information content (AvgIpc) is 2.93. The molecule has 0 fully saturated rings. The van der Waals surface area contributed by atoms with Crippen LogP contribution in [0.1, 0.15) is 17.2 Å². The van der Waals surface area contributed by atoms with Crippen LogP contribution in [0.15, 0.2) is 24.3 Å². The number of aryl methyl sites for hydroxylation is 2. The maximum absolute atomic E-state index is 12.8. The number of carbonyl (C=O) groups excluding carboxylic acids is 1. The molecule has 1 aromatic carbocycles. The van der Waals surface area contributed by atoms with E-state index in [9.17, 15) is 4.79 Å². The Kier molecular flexibility index (Phi) is 5.20. The number of hydrogen-bond acceptors (Lipinski definition) is 5. The second kappa shape index (κ2) is 7.36. The van der Waals surface area contributed by atoms with Crippen LogP contribution in [0, 0.1) is 6.92 Å². The zero-order chi connectivity index (χ0) is 17.1. The molecule has 0 saturated heterocycles. The number of rotatable bonds is 5. The molecule has 0 saturated carbocycles. The highest BCUT2D eigenvalue weighted by molar-refractivity contribution is 7.98. The smallest absolute Gasteiger partial charge is 0.243 e. The van der Waals surface area contributed by atoms with Gasteiger partial charge < -0.3 is 9.88 Å². The molecule has 6 nitrogen and oxygen atoms in total. The standard InChI is InChI=1S/C17H23N5OS/c1-12-19-20-16-11-21(2)15(10-22(12)16)17(23)18-14-7-5-4-6-13(14)8-9-24-3/h4-7,15H,8-11H2,1-3H3,(H,18,23). The van der Waals surface area contributed by atoms with Crippen molar-refractivity contribution >= 4 is 23.4 Å². The van der Waals surface area contributed by atoms with Gasteiger partial charge in [-0.3, -0.25) is 9.69 Å². The Morgan fingerprint density at radius 3 is 2.96 bits per heavy atom. The lowest BCUT2D eigenvalue weighted by Crippen LogP contribution is -2.48. The first-order valence-corrected chi connectivity index (χ1v) is 9.46. The number of hydrogen-bond donors (Lipinski definition) is 1. The third-order valence-electron chi connectivity index (χ3n) is 4.44. The molecule has 1 amide bonds. The van der Waals surface area contributed by atoms with Crippen molar-refractivity contribution in [2.45, 2.75) is 32.5 Å². The molecule has 2 heterocycles. The maximum Gasteiger partial charge on any atom is 0.243 e. The normalized spacial score (nSPS) is 17.5. The zero-order valence-electron chi connectivity index (χ0n) is 14.3. The molecule has 1 atom stereocenters. The van der Waals surface area contributed by atoms with E-state index in [0.29, 0.717) is 13.1 Å². The van der Waals surface area contributed by atoms with Gasteiger partial charge in [0.1, 0.15) is 17.7 Å². The van der Waals surface area contributed by atoms with Gasteiger partial charge in [0.25, 0.3) is 0 Å². The van der Waals surface area contributed by atoms with Gasteiger partial charge in [-0.05, 0) is 44.0 Å². The molecule has 24 heavy (non-hydrogen) atoms. The van der Waals surface area contributed by atoms with E-state index in [1.807, 2.05) is 53.4 Å². The number of aromatic nitrogens is 3. The first-order chi connectivity index (χ1) is 11.6. The highest BCUT2D eigenvalue weighted by Crippen LogP contribution is 2.20. The third-order valence-corrected chi connectivity index (χ3v) is 5.06. The van der Waals surface area contributed by atoms with Crippen molar-refractivity contribution < 1.29 is 4.79 Å². The Balaban J connectivity index is 1.75. The summed E-state index contributed by atoms with van der Waals surface area (Å²) in [6.07, 6.45) is 3.05. The van der Waals surface area contributed by atoms with Crippen LogP contribution in [0.25, 0.3) is 0 Å². The summed E-state index contributed by atoms with van der Waals surface area (Å²) in [7, 11) is 1.96. The van der Waals surface area contributed by atoms with Crippen molar-refractivity contribution in [3.63, 3.8) is 0 Å². The fourth-order valence-corrected chi connectivity index (χ4v) is 3.42. The number of thioether (sulfide) groups is 1. The number of carbonyl (C=O) groups is 1. The topological polar surface area (TPSA) is 63.1 Å². The molecule has 0 spiro atoms. The Morgan fingerprint density at radius 1 is 1.38 bits per heavy atom. The minimum absolute atomic E-state index is 0.0212. The molecule has 0 aliphatic carbocycles. The van der Waals surface area contributed by atoms with Crippen LogP contribution in [0.2, 0.25) is 0 Å². The van der Waals surface area contributed by atoms with Gasteiger partial charge in [0, 0.05) is 5.69 Å². The lowest BCUT2D eigenvalue weighted by atomic mass is 10.1. The summed E-state index contributed by atoms with van der Waals surface area (Å²) in [4.78, 5) is 14.9. The minimum atomic E-state index is -0.221. The minimum Gasteiger partial charge on any atom is -0.324 e. The van der Waals surface area contributed by atoms with Gasteiger partial charge in [-0.2, -0.15) is 11.8 Å². The maximum atomic E-state index is 12.8. The van der Waals surface area contributed by atoms with Gasteiger partial charge in [0.05, 0.1) is 13.1 Å². The largest absolute Gasteiger partial charge is 0.324 e. The summed E-state index contributed by atoms with van der Waals surface area (Å²) in [6, 6.07) is 7.82. The number of fused-ring (bicyclic) bond motifs is 1. The van der Waals surface area contributed by atoms with E-state index < -0.39 is 0 Å². The lowest BCUT2D eigenvalue weighted by molar-refractivity contribution is -0.122. The van der Waals surface area contributed by atoms with Crippen LogP contribution in [0.3, 0.4) is 0 Å². The molecule has 128 valence electrons. The van der Waals surface area contributed by atoms with E-state index in [1.54, 1.807) is 0 Å². The molecule has 1 aliphatic heterocycles. The number of para-hydroxylation sites is 1. The number of benzene rings is 1. The molecule has 0 radical (unpaired) electrons. The summed E-state index contributed by atoms with van der Waals surface area (Å²) in [5, 5.41) is 11.4. The lowest BCUT2D eigenvalue weighted by Gasteiger charge is -2.32. The summed E-state index contributed by atoms with van der Waals surface area (Å²) < 4.78 is 2.03. The van der Waals surface area contributed by atoms with Gasteiger partial charge in [-0.25, -0.2) is 0 Å². The molecule has 3 rings (SSSR count). The number of anilines is 1. The van der Waals surface area contributed by atoms with Crippen molar-refractivity contribution in [3.05, 3.63) is 41.5 Å². The van der Waals surface area contributed by atoms with Crippen molar-refractivity contribution in [3.8, 4) is 0 Å². The number of nitrogens with one attached hydrogen (secondary N) is 1. The predicted molar refractivity (Wildman–Crippen MR) is 97.2 cm³/mol. The number of likely N-dealkylation sites (N-methyl/N-ethyl adjacent to an activating group) is 1. The van der Waals surface area contributed by atoms with E-state index in [0.717, 1.165) is 29.5 Å². The third kappa shape index (κ3) is 3.47. The molecule has 0 bridgehead atoms. The fraction of sp³-hybridized carbons (Fsp3) is 0.471. The summed E-state index contributed by atoms with van der Waals surface area (Å²) in [6.45, 7) is 3.14. The Morgan fingerprint density at radius 2 is 2.17 bits per heavy atom. The average molecular weight is 345 g/mol. The van der Waals surface area contributed by atoms with Crippen LogP contribution in [0.4, 0.5) is 5.69 Å². The second-order valence-electron chi connectivity index (χ2n) is 6.09. The summed E-state index contributed by atoms with van der Waals surface area (Å²) in [5.74, 6) is 2.84. The van der Waals surface area contributed by atoms with Crippen molar-refractivity contribution in [2.75, 3.05) is 24.4 Å². The quantitative estimate of drug-likeness (QED) is 0.897. The molecule has 2 aromatic rings. The second-order valence-corrected chi connectivity index (χ2v) is 7.08. The van der Waals surface area contributed by atoms with Crippen LogP contribution < -0.4 is 5.32 Å². The van der Waals surface area contributed by atoms with E-state index in [2.05, 4.69) is 27.8 Å². The van der Waals surface area contributed by atoms with Crippen LogP contribution >= 0.6 is 11.8 Å². The van der Waals surface area contributed by atoms with Gasteiger partial charge in [-0.15, -0.1) is 10.2 Å². The Hall–Kier alpha value is -1.86. The molecular formula is C17H23N5OS. The van der Waals surface area contributed by atoms with Crippen LogP contribution in [0.5, 0.6) is 0 Å². The molecular weight excluding hydrogens is 322 g/mol. The van der Waals surface area contributed by atoms with Crippen LogP contribution in [-0.4, -0.2) is 50.7 Å². The van der Waals surface area contributed by atoms with E-state index in [1.165, 1.54) is 5.56 Å². The Labute approximate surface area is 146 Å². The summed E-state index contributed by atoms with van der Waals surface area (Å²) in [5.41, 5.74) is 2.09. The van der Waals surface area contributed by atoms with Crippen molar-refractivity contribution in [2.24, 2.45) is 0 Å². The zero-order valence-corrected chi connectivity index (χ0v) is 15.1. The first-order valence-electron chi connectivity index (χ1n) is 8.06. The monoisotopic (exact) mass is 345 g/mol. The molecule has 1 aliphatic rings. The molecule has 1 N–H and O–H groups in total. The highest BCUT2D eigenvalue weighted by atomic mass is 32.2. The highest BCUT2D eigenvalue weighted by Gasteiger charge is 2.31. The number of nitrogens with zero attached hydrogens (tertiary/aromatic N) is 4. The fourth-order valence-electron chi connectivity index (χ4n) is 3.00. The SMILES string of the molecule is CSCCc1ccccc1NC(=O)C1Cn2c(C)nnc2CN1C. The van der Waals surface area contributed by atoms with E-state index in [4.69, 9.17) is 0 Å². The van der Waals surface area contributed by atoms with Gasteiger partial charge in [0.15, 0.2) is 0 Å². The van der Waals surface area contributed by atoms with Gasteiger partial charge in [0.2, 0.25) is 5.91 Å². The Bertz CT molecular complexity index is 730. The predicted octanol–water partition coefficient (Wildman–Crippen LogP) is 1.94. The van der Waals surface area contributed by atoms with Crippen molar-refractivity contribution in [1.29, 1.82) is 0 Å². The van der Waals surface area contributed by atoms with Gasteiger partial charge in [-0.1, -0.05) is 18.2 Å². The van der Waals surface area contributed by atoms with Gasteiger partial charge >= 0.3 is 0 Å². The van der Waals surface area contributed by atoms with E-state index >= 15 is 0 Å². The van der Waals surface area contributed by atoms with Crippen LogP contribution in [-0.2, 0) is 24.3 Å². The van der Waals surface area contributed by atoms with E-state index in [-0.39, 0.29) is 11.9 Å². The van der Waals surface area contributed by atoms with Crippen molar-refractivity contribution in [1.82, 2.24) is 19.7 Å². The molecule has 1 aromatic heterocycles.